The molecular weight excluding hydrogens is 305 g/mol. The van der Waals surface area contributed by atoms with Crippen LogP contribution in [0.4, 0.5) is 0 Å². The minimum absolute atomic E-state index is 0. The van der Waals surface area contributed by atoms with Crippen molar-refractivity contribution in [3.63, 3.8) is 0 Å². The monoisotopic (exact) mass is 325 g/mol. The molecule has 3 N–H and O–H groups in total. The quantitative estimate of drug-likeness (QED) is 0.892. The summed E-state index contributed by atoms with van der Waals surface area (Å²) in [6.45, 7) is 2.63. The van der Waals surface area contributed by atoms with Crippen molar-refractivity contribution in [3.8, 4) is 0 Å². The maximum atomic E-state index is 11.8. The van der Waals surface area contributed by atoms with Crippen LogP contribution >= 0.6 is 36.2 Å². The molecule has 1 saturated carbocycles. The highest BCUT2D eigenvalue weighted by molar-refractivity contribution is 7.09. The topological polar surface area (TPSA) is 68.0 Å². The number of rotatable bonds is 4. The molecule has 1 aliphatic carbocycles. The Bertz CT molecular complexity index is 400. The van der Waals surface area contributed by atoms with Gasteiger partial charge < -0.3 is 11.1 Å². The van der Waals surface area contributed by atoms with Gasteiger partial charge >= 0.3 is 0 Å². The second-order valence-electron chi connectivity index (χ2n) is 4.57. The fourth-order valence-electron chi connectivity index (χ4n) is 2.17. The number of carbonyl (C=O) groups is 1. The second kappa shape index (κ2) is 8.74. The SMILES string of the molecule is CCc1nc(CNC(=O)C2CCC(N)C2)cs1.Cl.Cl. The smallest absolute Gasteiger partial charge is 0.223 e. The van der Waals surface area contributed by atoms with E-state index in [1.165, 1.54) is 0 Å². The minimum Gasteiger partial charge on any atom is -0.350 e. The number of halogens is 2. The Morgan fingerprint density at radius 2 is 2.26 bits per heavy atom. The molecule has 1 aliphatic rings. The van der Waals surface area contributed by atoms with Crippen LogP contribution in [0.25, 0.3) is 0 Å². The predicted octanol–water partition coefficient (Wildman–Crippen LogP) is 2.29. The van der Waals surface area contributed by atoms with E-state index < -0.39 is 0 Å². The molecule has 1 amide bonds. The molecule has 19 heavy (non-hydrogen) atoms. The third-order valence-corrected chi connectivity index (χ3v) is 4.23. The van der Waals surface area contributed by atoms with Crippen LogP contribution in [-0.2, 0) is 17.8 Å². The number of nitrogens with one attached hydrogen (secondary N) is 1. The van der Waals surface area contributed by atoms with Gasteiger partial charge in [-0.1, -0.05) is 6.92 Å². The molecule has 0 aliphatic heterocycles. The zero-order chi connectivity index (χ0) is 12.3. The van der Waals surface area contributed by atoms with Gasteiger partial charge in [-0.3, -0.25) is 4.79 Å². The van der Waals surface area contributed by atoms with Crippen LogP contribution in [0.2, 0.25) is 0 Å². The van der Waals surface area contributed by atoms with E-state index in [9.17, 15) is 4.79 Å². The van der Waals surface area contributed by atoms with Gasteiger partial charge in [0, 0.05) is 17.3 Å². The van der Waals surface area contributed by atoms with Crippen molar-refractivity contribution in [3.05, 3.63) is 16.1 Å². The number of hydrogen-bond acceptors (Lipinski definition) is 4. The lowest BCUT2D eigenvalue weighted by molar-refractivity contribution is -0.125. The van der Waals surface area contributed by atoms with Gasteiger partial charge in [0.05, 0.1) is 17.2 Å². The summed E-state index contributed by atoms with van der Waals surface area (Å²) in [5.74, 6) is 0.235. The Kier molecular flexibility index (Phi) is 8.57. The van der Waals surface area contributed by atoms with Gasteiger partial charge in [-0.2, -0.15) is 0 Å². The minimum atomic E-state index is 0. The van der Waals surface area contributed by atoms with E-state index in [0.29, 0.717) is 6.54 Å². The number of hydrogen-bond donors (Lipinski definition) is 2. The third-order valence-electron chi connectivity index (χ3n) is 3.19. The average molecular weight is 326 g/mol. The number of carbonyl (C=O) groups excluding carboxylic acids is 1. The first-order valence-electron chi connectivity index (χ1n) is 6.15. The highest BCUT2D eigenvalue weighted by Crippen LogP contribution is 2.24. The summed E-state index contributed by atoms with van der Waals surface area (Å²) in [5.41, 5.74) is 6.76. The Hall–Kier alpha value is -0.360. The van der Waals surface area contributed by atoms with Crippen LogP contribution in [0, 0.1) is 5.92 Å². The molecule has 0 spiro atoms. The molecule has 1 aromatic heterocycles. The Morgan fingerprint density at radius 3 is 2.79 bits per heavy atom. The highest BCUT2D eigenvalue weighted by Gasteiger charge is 2.27. The van der Waals surface area contributed by atoms with E-state index in [1.54, 1.807) is 11.3 Å². The number of aryl methyl sites for hydroxylation is 1. The number of aromatic nitrogens is 1. The zero-order valence-corrected chi connectivity index (χ0v) is 13.4. The van der Waals surface area contributed by atoms with Gasteiger partial charge in [-0.25, -0.2) is 4.98 Å². The average Bonchev–Trinajstić information content (AvgIpc) is 2.94. The van der Waals surface area contributed by atoms with E-state index >= 15 is 0 Å². The first-order valence-corrected chi connectivity index (χ1v) is 7.03. The van der Waals surface area contributed by atoms with E-state index in [2.05, 4.69) is 17.2 Å². The van der Waals surface area contributed by atoms with Crippen molar-refractivity contribution < 1.29 is 4.79 Å². The van der Waals surface area contributed by atoms with Crippen LogP contribution < -0.4 is 11.1 Å². The zero-order valence-electron chi connectivity index (χ0n) is 10.9. The Balaban J connectivity index is 0.00000162. The number of thiazole rings is 1. The maximum Gasteiger partial charge on any atom is 0.223 e. The lowest BCUT2D eigenvalue weighted by Crippen LogP contribution is -2.30. The predicted molar refractivity (Wildman–Crippen MR) is 83.2 cm³/mol. The largest absolute Gasteiger partial charge is 0.350 e. The molecule has 7 heteroatoms. The summed E-state index contributed by atoms with van der Waals surface area (Å²) in [7, 11) is 0. The summed E-state index contributed by atoms with van der Waals surface area (Å²) in [4.78, 5) is 16.3. The van der Waals surface area contributed by atoms with Crippen molar-refractivity contribution in [1.82, 2.24) is 10.3 Å². The third kappa shape index (κ3) is 5.26. The van der Waals surface area contributed by atoms with Crippen molar-refractivity contribution in [2.75, 3.05) is 0 Å². The summed E-state index contributed by atoms with van der Waals surface area (Å²) >= 11 is 1.65. The van der Waals surface area contributed by atoms with Crippen molar-refractivity contribution in [2.24, 2.45) is 11.7 Å². The van der Waals surface area contributed by atoms with Gasteiger partial charge in [-0.05, 0) is 25.7 Å². The van der Waals surface area contributed by atoms with Crippen molar-refractivity contribution in [2.45, 2.75) is 45.2 Å². The number of amides is 1. The fraction of sp³-hybridized carbons (Fsp3) is 0.667. The molecule has 2 rings (SSSR count). The van der Waals surface area contributed by atoms with E-state index in [-0.39, 0.29) is 42.7 Å². The molecule has 2 atom stereocenters. The molecule has 1 heterocycles. The van der Waals surface area contributed by atoms with Crippen LogP contribution in [0.3, 0.4) is 0 Å². The van der Waals surface area contributed by atoms with Crippen LogP contribution in [0.15, 0.2) is 5.38 Å². The van der Waals surface area contributed by atoms with E-state index in [4.69, 9.17) is 5.73 Å². The highest BCUT2D eigenvalue weighted by atomic mass is 35.5. The van der Waals surface area contributed by atoms with Gasteiger partial charge in [-0.15, -0.1) is 36.2 Å². The van der Waals surface area contributed by atoms with E-state index in [1.807, 2.05) is 5.38 Å². The standard InChI is InChI=1S/C12H19N3OS.2ClH/c1-2-11-15-10(7-17-11)6-14-12(16)8-3-4-9(13)5-8;;/h7-9H,2-6,13H2,1H3,(H,14,16);2*1H. The first-order chi connectivity index (χ1) is 8.19. The van der Waals surface area contributed by atoms with Crippen molar-refractivity contribution in [1.29, 1.82) is 0 Å². The Labute approximate surface area is 130 Å². The summed E-state index contributed by atoms with van der Waals surface area (Å²) in [6.07, 6.45) is 3.66. The molecule has 1 fully saturated rings. The van der Waals surface area contributed by atoms with Crippen LogP contribution in [0.1, 0.15) is 36.9 Å². The van der Waals surface area contributed by atoms with Gasteiger partial charge in [0.25, 0.3) is 0 Å². The van der Waals surface area contributed by atoms with Crippen LogP contribution in [-0.4, -0.2) is 16.9 Å². The van der Waals surface area contributed by atoms with Gasteiger partial charge in [0.2, 0.25) is 5.91 Å². The lowest BCUT2D eigenvalue weighted by atomic mass is 10.1. The van der Waals surface area contributed by atoms with Gasteiger partial charge in [0.15, 0.2) is 0 Å². The number of nitrogens with zero attached hydrogens (tertiary/aromatic N) is 1. The molecule has 1 aromatic rings. The normalized spacial score (nSPS) is 21.4. The van der Waals surface area contributed by atoms with Crippen molar-refractivity contribution >= 4 is 42.1 Å². The summed E-state index contributed by atoms with van der Waals surface area (Å²) in [6, 6.07) is 0.205. The molecule has 0 radical (unpaired) electrons. The van der Waals surface area contributed by atoms with Crippen LogP contribution in [0.5, 0.6) is 0 Å². The Morgan fingerprint density at radius 1 is 1.53 bits per heavy atom. The lowest BCUT2D eigenvalue weighted by Gasteiger charge is -2.09. The molecule has 2 unspecified atom stereocenters. The number of nitrogens with two attached hydrogens (primary N) is 1. The summed E-state index contributed by atoms with van der Waals surface area (Å²) in [5, 5.41) is 6.08. The molecular formula is C12H21Cl2N3OS. The molecule has 0 saturated heterocycles. The second-order valence-corrected chi connectivity index (χ2v) is 5.52. The first kappa shape index (κ1) is 18.6. The molecule has 0 bridgehead atoms. The fourth-order valence-corrected chi connectivity index (χ4v) is 2.91. The van der Waals surface area contributed by atoms with E-state index in [0.717, 1.165) is 36.4 Å². The maximum absolute atomic E-state index is 11.8. The molecule has 110 valence electrons. The molecule has 4 nitrogen and oxygen atoms in total. The van der Waals surface area contributed by atoms with Gasteiger partial charge in [0.1, 0.15) is 0 Å². The molecule has 0 aromatic carbocycles. The summed E-state index contributed by atoms with van der Waals surface area (Å²) < 4.78 is 0.